The molecule has 1 aliphatic rings. The van der Waals surface area contributed by atoms with Crippen molar-refractivity contribution in [3.8, 4) is 11.1 Å². The third-order valence-corrected chi connectivity index (χ3v) is 5.93. The number of amides is 3. The van der Waals surface area contributed by atoms with Crippen molar-refractivity contribution < 1.29 is 19.5 Å². The van der Waals surface area contributed by atoms with Crippen molar-refractivity contribution in [3.63, 3.8) is 0 Å². The molecule has 1 atom stereocenters. The van der Waals surface area contributed by atoms with Crippen LogP contribution in [0.3, 0.4) is 0 Å². The molecule has 174 valence electrons. The van der Waals surface area contributed by atoms with Crippen molar-refractivity contribution in [1.29, 1.82) is 0 Å². The second-order valence-electron chi connectivity index (χ2n) is 8.70. The molecule has 7 nitrogen and oxygen atoms in total. The Balaban J connectivity index is 1.42. The van der Waals surface area contributed by atoms with Crippen molar-refractivity contribution in [2.24, 2.45) is 5.92 Å². The first-order valence-corrected chi connectivity index (χ1v) is 11.2. The number of nitrogens with one attached hydrogen (secondary N) is 2. The van der Waals surface area contributed by atoms with E-state index in [-0.39, 0.29) is 24.4 Å². The highest BCUT2D eigenvalue weighted by Gasteiger charge is 2.38. The lowest BCUT2D eigenvalue weighted by molar-refractivity contribution is -0.144. The smallest absolute Gasteiger partial charge is 0.326 e. The van der Waals surface area contributed by atoms with Gasteiger partial charge in [0.05, 0.1) is 0 Å². The third-order valence-electron chi connectivity index (χ3n) is 5.93. The summed E-state index contributed by atoms with van der Waals surface area (Å²) in [7, 11) is 0. The molecule has 1 aliphatic heterocycles. The van der Waals surface area contributed by atoms with Gasteiger partial charge < -0.3 is 20.6 Å². The molecule has 1 unspecified atom stereocenters. The molecule has 3 amide bonds. The third kappa shape index (κ3) is 4.93. The molecule has 0 spiro atoms. The molecule has 3 aromatic carbocycles. The normalized spacial score (nSPS) is 13.5. The number of carbonyl (C=O) groups is 3. The molecule has 0 aliphatic carbocycles. The average Bonchev–Trinajstić information content (AvgIpc) is 3.13. The zero-order chi connectivity index (χ0) is 24.2. The SMILES string of the molecule is CC(C)C(C(=O)O)N1Cc2cc(-c3ccc(NC(=O)NCc4ccccc4)cc3)ccc2C1=O. The summed E-state index contributed by atoms with van der Waals surface area (Å²) in [4.78, 5) is 38.1. The number of carbonyl (C=O) groups excluding carboxylic acids is 2. The van der Waals surface area contributed by atoms with Gasteiger partial charge in [0.1, 0.15) is 6.04 Å². The molecule has 0 radical (unpaired) electrons. The minimum atomic E-state index is -0.993. The Labute approximate surface area is 198 Å². The van der Waals surface area contributed by atoms with Gasteiger partial charge in [-0.1, -0.05) is 62.4 Å². The number of carboxylic acids is 1. The Bertz CT molecular complexity index is 1210. The minimum Gasteiger partial charge on any atom is -0.480 e. The number of aliphatic carboxylic acids is 1. The van der Waals surface area contributed by atoms with E-state index in [2.05, 4.69) is 10.6 Å². The fraction of sp³-hybridized carbons (Fsp3) is 0.222. The zero-order valence-electron chi connectivity index (χ0n) is 19.1. The fourth-order valence-corrected chi connectivity index (χ4v) is 4.23. The fourth-order valence-electron chi connectivity index (χ4n) is 4.23. The summed E-state index contributed by atoms with van der Waals surface area (Å²) in [6.45, 7) is 4.32. The number of benzene rings is 3. The van der Waals surface area contributed by atoms with Crippen molar-refractivity contribution in [2.45, 2.75) is 33.0 Å². The molecular weight excluding hydrogens is 430 g/mol. The van der Waals surface area contributed by atoms with Gasteiger partial charge in [0.2, 0.25) is 0 Å². The lowest BCUT2D eigenvalue weighted by Gasteiger charge is -2.27. The van der Waals surface area contributed by atoms with Crippen LogP contribution < -0.4 is 10.6 Å². The van der Waals surface area contributed by atoms with Crippen molar-refractivity contribution in [1.82, 2.24) is 10.2 Å². The number of nitrogens with zero attached hydrogens (tertiary/aromatic N) is 1. The first-order chi connectivity index (χ1) is 16.3. The van der Waals surface area contributed by atoms with Crippen molar-refractivity contribution in [3.05, 3.63) is 89.5 Å². The number of urea groups is 1. The first kappa shape index (κ1) is 23.0. The van der Waals surface area contributed by atoms with Gasteiger partial charge in [-0.25, -0.2) is 9.59 Å². The van der Waals surface area contributed by atoms with Crippen LogP contribution in [0.2, 0.25) is 0 Å². The van der Waals surface area contributed by atoms with Crippen LogP contribution in [0.5, 0.6) is 0 Å². The molecule has 0 fully saturated rings. The van der Waals surface area contributed by atoms with Gasteiger partial charge in [-0.2, -0.15) is 0 Å². The highest BCUT2D eigenvalue weighted by atomic mass is 16.4. The van der Waals surface area contributed by atoms with Crippen LogP contribution in [-0.2, 0) is 17.9 Å². The second-order valence-corrected chi connectivity index (χ2v) is 8.70. The largest absolute Gasteiger partial charge is 0.480 e. The van der Waals surface area contributed by atoms with E-state index in [4.69, 9.17) is 0 Å². The van der Waals surface area contributed by atoms with E-state index in [0.29, 0.717) is 17.8 Å². The summed E-state index contributed by atoms with van der Waals surface area (Å²) in [6.07, 6.45) is 0. The van der Waals surface area contributed by atoms with E-state index in [0.717, 1.165) is 22.3 Å². The topological polar surface area (TPSA) is 98.7 Å². The molecule has 1 heterocycles. The number of hydrogen-bond donors (Lipinski definition) is 3. The maximum Gasteiger partial charge on any atom is 0.326 e. The Hall–Kier alpha value is -4.13. The summed E-state index contributed by atoms with van der Waals surface area (Å²) in [5, 5.41) is 15.2. The van der Waals surface area contributed by atoms with Crippen LogP contribution in [0.1, 0.15) is 35.3 Å². The van der Waals surface area contributed by atoms with E-state index in [9.17, 15) is 19.5 Å². The molecule has 0 bridgehead atoms. The maximum absolute atomic E-state index is 12.8. The molecular formula is C27H27N3O4. The Morgan fingerprint density at radius 1 is 0.971 bits per heavy atom. The molecule has 34 heavy (non-hydrogen) atoms. The predicted molar refractivity (Wildman–Crippen MR) is 130 cm³/mol. The minimum absolute atomic E-state index is 0.194. The van der Waals surface area contributed by atoms with E-state index in [1.54, 1.807) is 19.9 Å². The van der Waals surface area contributed by atoms with Crippen LogP contribution in [0.4, 0.5) is 10.5 Å². The Morgan fingerprint density at radius 3 is 2.29 bits per heavy atom. The highest BCUT2D eigenvalue weighted by molar-refractivity contribution is 6.01. The lowest BCUT2D eigenvalue weighted by atomic mass is 10.0. The maximum atomic E-state index is 12.8. The number of carboxylic acid groups (broad SMARTS) is 1. The van der Waals surface area contributed by atoms with Crippen LogP contribution in [0.15, 0.2) is 72.8 Å². The van der Waals surface area contributed by atoms with Crippen molar-refractivity contribution in [2.75, 3.05) is 5.32 Å². The van der Waals surface area contributed by atoms with Gasteiger partial charge in [-0.3, -0.25) is 4.79 Å². The molecule has 3 aromatic rings. The van der Waals surface area contributed by atoms with E-state index in [1.165, 1.54) is 4.90 Å². The Morgan fingerprint density at radius 2 is 1.65 bits per heavy atom. The number of rotatable bonds is 7. The standard InChI is InChI=1S/C27H27N3O4/c1-17(2)24(26(32)33)30-16-21-14-20(10-13-23(21)25(30)31)19-8-11-22(12-9-19)29-27(34)28-15-18-6-4-3-5-7-18/h3-14,17,24H,15-16H2,1-2H3,(H,32,33)(H2,28,29,34). The monoisotopic (exact) mass is 457 g/mol. The van der Waals surface area contributed by atoms with Gasteiger partial charge in [0.25, 0.3) is 5.91 Å². The summed E-state index contributed by atoms with van der Waals surface area (Å²) in [6, 6.07) is 21.5. The number of anilines is 1. The molecule has 4 rings (SSSR count). The summed E-state index contributed by atoms with van der Waals surface area (Å²) in [5.74, 6) is -1.43. The molecule has 7 heteroatoms. The predicted octanol–water partition coefficient (Wildman–Crippen LogP) is 4.74. The van der Waals surface area contributed by atoms with Gasteiger partial charge in [-0.05, 0) is 52.4 Å². The summed E-state index contributed by atoms with van der Waals surface area (Å²) >= 11 is 0. The van der Waals surface area contributed by atoms with Gasteiger partial charge in [0.15, 0.2) is 0 Å². The van der Waals surface area contributed by atoms with Crippen LogP contribution in [0.25, 0.3) is 11.1 Å². The van der Waals surface area contributed by atoms with E-state index < -0.39 is 12.0 Å². The zero-order valence-corrected chi connectivity index (χ0v) is 19.1. The lowest BCUT2D eigenvalue weighted by Crippen LogP contribution is -2.44. The summed E-state index contributed by atoms with van der Waals surface area (Å²) in [5.41, 5.74) is 4.90. The second kappa shape index (κ2) is 9.79. The molecule has 3 N–H and O–H groups in total. The summed E-state index contributed by atoms with van der Waals surface area (Å²) < 4.78 is 0. The average molecular weight is 458 g/mol. The van der Waals surface area contributed by atoms with Crippen LogP contribution in [0, 0.1) is 5.92 Å². The highest BCUT2D eigenvalue weighted by Crippen LogP contribution is 2.31. The quantitative estimate of drug-likeness (QED) is 0.477. The first-order valence-electron chi connectivity index (χ1n) is 11.2. The van der Waals surface area contributed by atoms with Crippen LogP contribution >= 0.6 is 0 Å². The van der Waals surface area contributed by atoms with Gasteiger partial charge >= 0.3 is 12.0 Å². The van der Waals surface area contributed by atoms with Crippen LogP contribution in [-0.4, -0.2) is 34.0 Å². The molecule has 0 saturated heterocycles. The van der Waals surface area contributed by atoms with Gasteiger partial charge in [0, 0.05) is 24.3 Å². The molecule has 0 saturated carbocycles. The van der Waals surface area contributed by atoms with E-state index in [1.807, 2.05) is 66.7 Å². The van der Waals surface area contributed by atoms with Gasteiger partial charge in [-0.15, -0.1) is 0 Å². The van der Waals surface area contributed by atoms with E-state index >= 15 is 0 Å². The number of hydrogen-bond acceptors (Lipinski definition) is 3. The number of fused-ring (bicyclic) bond motifs is 1. The van der Waals surface area contributed by atoms with Crippen molar-refractivity contribution >= 4 is 23.6 Å². The molecule has 0 aromatic heterocycles. The Kier molecular flexibility index (Phi) is 6.63.